The molecule has 11 heteroatoms. The molecule has 1 saturated carbocycles. The van der Waals surface area contributed by atoms with Gasteiger partial charge in [-0.15, -0.1) is 0 Å². The standard InChI is InChI=1S/C26H29ClF3N3O4/c1-25(2,36)13-12-20-21(22(34)31-14-16-4-8-18(9-5-16)23(35)37-3)33(24(27)32-20)15-17-6-10-19(11-7-17)26(28,29)30/h6-7,10-11,16,18,36H,4-5,8-9,14-15H2,1-3H3,(H,31,34)/t16-,18-. The number of ether oxygens (including phenoxy) is 1. The Morgan fingerprint density at radius 3 is 2.35 bits per heavy atom. The smallest absolute Gasteiger partial charge is 0.416 e. The molecule has 1 amide bonds. The molecule has 1 aromatic carbocycles. The van der Waals surface area contributed by atoms with E-state index in [-0.39, 0.29) is 41.0 Å². The number of imidazole rings is 1. The predicted octanol–water partition coefficient (Wildman–Crippen LogP) is 4.44. The Kier molecular flexibility index (Phi) is 8.92. The summed E-state index contributed by atoms with van der Waals surface area (Å²) >= 11 is 6.32. The molecule has 1 fully saturated rings. The second-order valence-electron chi connectivity index (χ2n) is 9.62. The van der Waals surface area contributed by atoms with Gasteiger partial charge in [0.25, 0.3) is 5.91 Å². The van der Waals surface area contributed by atoms with E-state index in [0.717, 1.165) is 25.0 Å². The zero-order chi connectivity index (χ0) is 27.4. The lowest BCUT2D eigenvalue weighted by Crippen LogP contribution is -2.34. The molecule has 37 heavy (non-hydrogen) atoms. The lowest BCUT2D eigenvalue weighted by atomic mass is 9.82. The normalized spacial score (nSPS) is 18.1. The number of methoxy groups -OCH3 is 1. The van der Waals surface area contributed by atoms with E-state index in [1.807, 2.05) is 0 Å². The Morgan fingerprint density at radius 1 is 1.19 bits per heavy atom. The van der Waals surface area contributed by atoms with Gasteiger partial charge in [0.15, 0.2) is 0 Å². The first-order valence-corrected chi connectivity index (χ1v) is 12.2. The van der Waals surface area contributed by atoms with Crippen molar-refractivity contribution in [2.24, 2.45) is 11.8 Å². The summed E-state index contributed by atoms with van der Waals surface area (Å²) < 4.78 is 45.0. The van der Waals surface area contributed by atoms with Crippen LogP contribution in [0, 0.1) is 23.7 Å². The number of carbonyl (C=O) groups is 2. The molecule has 2 aromatic rings. The number of amides is 1. The maximum Gasteiger partial charge on any atom is 0.416 e. The highest BCUT2D eigenvalue weighted by Crippen LogP contribution is 2.30. The molecule has 0 bridgehead atoms. The molecule has 0 saturated heterocycles. The average molecular weight is 540 g/mol. The van der Waals surface area contributed by atoms with Gasteiger partial charge in [0.05, 0.1) is 25.1 Å². The zero-order valence-corrected chi connectivity index (χ0v) is 21.5. The number of nitrogens with zero attached hydrogens (tertiary/aromatic N) is 2. The SMILES string of the molecule is COC(=O)[C@H]1CC[C@H](CNC(=O)c2c(C#CC(C)(C)O)nc(Cl)n2Cc2ccc(C(F)(F)F)cc2)CC1. The monoisotopic (exact) mass is 539 g/mol. The molecule has 0 unspecified atom stereocenters. The molecule has 1 aromatic heterocycles. The molecule has 1 heterocycles. The van der Waals surface area contributed by atoms with Crippen molar-refractivity contribution in [3.05, 3.63) is 52.1 Å². The molecule has 0 spiro atoms. The molecule has 7 nitrogen and oxygen atoms in total. The van der Waals surface area contributed by atoms with Crippen LogP contribution in [0.4, 0.5) is 13.2 Å². The van der Waals surface area contributed by atoms with Crippen LogP contribution in [0.2, 0.25) is 5.28 Å². The summed E-state index contributed by atoms with van der Waals surface area (Å²) in [5.41, 5.74) is -1.57. The molecule has 0 radical (unpaired) electrons. The van der Waals surface area contributed by atoms with Crippen molar-refractivity contribution >= 4 is 23.5 Å². The molecular weight excluding hydrogens is 511 g/mol. The van der Waals surface area contributed by atoms with Gasteiger partial charge >= 0.3 is 12.1 Å². The van der Waals surface area contributed by atoms with E-state index in [1.165, 1.54) is 37.7 Å². The summed E-state index contributed by atoms with van der Waals surface area (Å²) in [5, 5.41) is 12.8. The molecule has 0 aliphatic heterocycles. The van der Waals surface area contributed by atoms with Crippen LogP contribution in [-0.2, 0) is 22.3 Å². The number of halogens is 4. The largest absolute Gasteiger partial charge is 0.469 e. The van der Waals surface area contributed by atoms with Crippen LogP contribution in [0.25, 0.3) is 0 Å². The summed E-state index contributed by atoms with van der Waals surface area (Å²) in [7, 11) is 1.37. The highest BCUT2D eigenvalue weighted by molar-refractivity contribution is 6.29. The van der Waals surface area contributed by atoms with Crippen LogP contribution in [0.1, 0.15) is 66.8 Å². The minimum Gasteiger partial charge on any atom is -0.469 e. The molecule has 2 N–H and O–H groups in total. The van der Waals surface area contributed by atoms with Gasteiger partial charge in [-0.1, -0.05) is 18.1 Å². The maximum absolute atomic E-state index is 13.3. The molecule has 0 atom stereocenters. The Labute approximate surface area is 218 Å². The van der Waals surface area contributed by atoms with Crippen molar-refractivity contribution in [3.63, 3.8) is 0 Å². The van der Waals surface area contributed by atoms with E-state index >= 15 is 0 Å². The Hall–Kier alpha value is -3.03. The van der Waals surface area contributed by atoms with Crippen molar-refractivity contribution in [1.82, 2.24) is 14.9 Å². The third kappa shape index (κ3) is 7.73. The number of nitrogens with one attached hydrogen (secondary N) is 1. The van der Waals surface area contributed by atoms with E-state index in [0.29, 0.717) is 24.9 Å². The Morgan fingerprint density at radius 2 is 1.81 bits per heavy atom. The predicted molar refractivity (Wildman–Crippen MR) is 131 cm³/mol. The Balaban J connectivity index is 1.82. The highest BCUT2D eigenvalue weighted by Gasteiger charge is 2.31. The van der Waals surface area contributed by atoms with E-state index in [2.05, 4.69) is 22.1 Å². The van der Waals surface area contributed by atoms with Crippen LogP contribution in [0.5, 0.6) is 0 Å². The van der Waals surface area contributed by atoms with Gasteiger partial charge in [-0.05, 0) is 80.7 Å². The van der Waals surface area contributed by atoms with E-state index in [4.69, 9.17) is 16.3 Å². The van der Waals surface area contributed by atoms with Crippen LogP contribution in [0.15, 0.2) is 24.3 Å². The summed E-state index contributed by atoms with van der Waals surface area (Å²) in [6.45, 7) is 3.30. The second-order valence-corrected chi connectivity index (χ2v) is 9.96. The number of aromatic nitrogens is 2. The first-order valence-electron chi connectivity index (χ1n) is 11.8. The van der Waals surface area contributed by atoms with Crippen molar-refractivity contribution in [1.29, 1.82) is 0 Å². The molecular formula is C26H29ClF3N3O4. The van der Waals surface area contributed by atoms with Crippen LogP contribution in [0.3, 0.4) is 0 Å². The van der Waals surface area contributed by atoms with Gasteiger partial charge in [-0.25, -0.2) is 4.98 Å². The van der Waals surface area contributed by atoms with Gasteiger partial charge in [0, 0.05) is 6.54 Å². The summed E-state index contributed by atoms with van der Waals surface area (Å²) in [5.74, 6) is 4.61. The highest BCUT2D eigenvalue weighted by atomic mass is 35.5. The van der Waals surface area contributed by atoms with Crippen molar-refractivity contribution < 1.29 is 32.6 Å². The average Bonchev–Trinajstić information content (AvgIpc) is 3.15. The quantitative estimate of drug-likeness (QED) is 0.418. The number of hydrogen-bond acceptors (Lipinski definition) is 5. The van der Waals surface area contributed by atoms with Crippen molar-refractivity contribution in [3.8, 4) is 11.8 Å². The first-order chi connectivity index (χ1) is 17.3. The lowest BCUT2D eigenvalue weighted by molar-refractivity contribution is -0.146. The number of hydrogen-bond donors (Lipinski definition) is 2. The number of rotatable bonds is 6. The topological polar surface area (TPSA) is 93.4 Å². The number of benzene rings is 1. The minimum atomic E-state index is -4.47. The van der Waals surface area contributed by atoms with Gasteiger partial charge in [-0.3, -0.25) is 9.59 Å². The zero-order valence-electron chi connectivity index (χ0n) is 20.8. The third-order valence-corrected chi connectivity index (χ3v) is 6.47. The number of alkyl halides is 3. The van der Waals surface area contributed by atoms with Crippen molar-refractivity contribution in [2.75, 3.05) is 13.7 Å². The fourth-order valence-corrected chi connectivity index (χ4v) is 4.40. The molecule has 1 aliphatic rings. The number of esters is 1. The Bertz CT molecular complexity index is 1180. The fourth-order valence-electron chi connectivity index (χ4n) is 4.17. The van der Waals surface area contributed by atoms with E-state index < -0.39 is 23.2 Å². The van der Waals surface area contributed by atoms with Gasteiger partial charge in [0.1, 0.15) is 17.0 Å². The molecule has 1 aliphatic carbocycles. The van der Waals surface area contributed by atoms with Gasteiger partial charge < -0.3 is 19.7 Å². The van der Waals surface area contributed by atoms with Gasteiger partial charge in [-0.2, -0.15) is 13.2 Å². The van der Waals surface area contributed by atoms with E-state index in [9.17, 15) is 27.9 Å². The summed E-state index contributed by atoms with van der Waals surface area (Å²) in [6.07, 6.45) is -1.62. The molecule has 200 valence electrons. The third-order valence-electron chi connectivity index (χ3n) is 6.18. The maximum atomic E-state index is 13.3. The summed E-state index contributed by atoms with van der Waals surface area (Å²) in [6, 6.07) is 4.53. The number of aliphatic hydroxyl groups is 1. The fraction of sp³-hybridized carbons (Fsp3) is 0.500. The van der Waals surface area contributed by atoms with E-state index in [1.54, 1.807) is 0 Å². The second kappa shape index (κ2) is 11.6. The molecule has 3 rings (SSSR count). The van der Waals surface area contributed by atoms with Crippen molar-refractivity contribution in [2.45, 2.75) is 57.9 Å². The summed E-state index contributed by atoms with van der Waals surface area (Å²) in [4.78, 5) is 29.2. The minimum absolute atomic E-state index is 0.0127. The number of carbonyl (C=O) groups excluding carboxylic acids is 2. The van der Waals surface area contributed by atoms with Crippen LogP contribution >= 0.6 is 11.6 Å². The van der Waals surface area contributed by atoms with Crippen LogP contribution < -0.4 is 5.32 Å². The van der Waals surface area contributed by atoms with Gasteiger partial charge in [0.2, 0.25) is 5.28 Å². The lowest BCUT2D eigenvalue weighted by Gasteiger charge is -2.27. The first kappa shape index (κ1) is 28.5. The van der Waals surface area contributed by atoms with Crippen LogP contribution in [-0.4, -0.2) is 45.8 Å².